The quantitative estimate of drug-likeness (QED) is 0.477. The van der Waals surface area contributed by atoms with Gasteiger partial charge in [0.05, 0.1) is 17.9 Å². The van der Waals surface area contributed by atoms with Crippen LogP contribution >= 0.6 is 0 Å². The lowest BCUT2D eigenvalue weighted by molar-refractivity contribution is -0.141. The maximum Gasteiger partial charge on any atom is 0.434 e. The van der Waals surface area contributed by atoms with E-state index in [0.29, 0.717) is 22.7 Å². The van der Waals surface area contributed by atoms with Gasteiger partial charge in [-0.3, -0.25) is 9.89 Å². The molecule has 11 heteroatoms. The number of carbonyl (C=O) groups excluding carboxylic acids is 1. The van der Waals surface area contributed by atoms with Crippen LogP contribution in [0.5, 0.6) is 0 Å². The molecule has 0 unspecified atom stereocenters. The molecule has 0 bridgehead atoms. The summed E-state index contributed by atoms with van der Waals surface area (Å²) in [5, 5.41) is 9.11. The number of rotatable bonds is 3. The molecule has 2 aromatic carbocycles. The molecule has 4 rings (SSSR count). The fourth-order valence-electron chi connectivity index (χ4n) is 2.80. The fraction of sp³-hybridized carbons (Fsp3) is 0.0526. The van der Waals surface area contributed by atoms with Gasteiger partial charge < -0.3 is 5.32 Å². The molecule has 0 aliphatic rings. The Morgan fingerprint density at radius 3 is 2.53 bits per heavy atom. The summed E-state index contributed by atoms with van der Waals surface area (Å²) in [5.41, 5.74) is -0.556. The molecule has 30 heavy (non-hydrogen) atoms. The van der Waals surface area contributed by atoms with Crippen LogP contribution in [0.25, 0.3) is 22.0 Å². The number of nitrogens with zero attached hydrogens (tertiary/aromatic N) is 3. The Kier molecular flexibility index (Phi) is 4.65. The summed E-state index contributed by atoms with van der Waals surface area (Å²) in [6, 6.07) is 8.24. The lowest BCUT2D eigenvalue weighted by Gasteiger charge is -2.07. The number of aromatic amines is 1. The highest BCUT2D eigenvalue weighted by atomic mass is 19.4. The smallest absolute Gasteiger partial charge is 0.304 e. The predicted octanol–water partition coefficient (Wildman–Crippen LogP) is 4.57. The van der Waals surface area contributed by atoms with Gasteiger partial charge in [-0.15, -0.1) is 0 Å². The van der Waals surface area contributed by atoms with Crippen molar-refractivity contribution in [2.45, 2.75) is 6.18 Å². The lowest BCUT2D eigenvalue weighted by Crippen LogP contribution is -2.15. The molecule has 0 aliphatic carbocycles. The Labute approximate surface area is 164 Å². The minimum absolute atomic E-state index is 0.00179. The minimum atomic E-state index is -4.66. The van der Waals surface area contributed by atoms with E-state index in [-0.39, 0.29) is 17.1 Å². The van der Waals surface area contributed by atoms with Crippen LogP contribution in [-0.4, -0.2) is 26.1 Å². The first-order valence-electron chi connectivity index (χ1n) is 8.37. The van der Waals surface area contributed by atoms with E-state index < -0.39 is 29.4 Å². The Balaban J connectivity index is 1.66. The summed E-state index contributed by atoms with van der Waals surface area (Å²) in [7, 11) is 0. The summed E-state index contributed by atoms with van der Waals surface area (Å²) >= 11 is 0. The largest absolute Gasteiger partial charge is 0.434 e. The van der Waals surface area contributed by atoms with Gasteiger partial charge in [-0.2, -0.15) is 18.3 Å². The van der Waals surface area contributed by atoms with Gasteiger partial charge in [-0.05, 0) is 23.8 Å². The van der Waals surface area contributed by atoms with Gasteiger partial charge in [0.25, 0.3) is 5.91 Å². The van der Waals surface area contributed by atoms with Crippen LogP contribution in [0.15, 0.2) is 48.8 Å². The third-order valence-electron chi connectivity index (χ3n) is 4.22. The van der Waals surface area contributed by atoms with Gasteiger partial charge in [0.2, 0.25) is 0 Å². The highest BCUT2D eigenvalue weighted by Gasteiger charge is 2.32. The maximum atomic E-state index is 14.1. The number of hydrogen-bond donors (Lipinski definition) is 2. The Morgan fingerprint density at radius 1 is 1.03 bits per heavy atom. The van der Waals surface area contributed by atoms with Crippen molar-refractivity contribution in [3.63, 3.8) is 0 Å². The van der Waals surface area contributed by atoms with E-state index in [0.717, 1.165) is 12.3 Å². The molecule has 0 spiro atoms. The Bertz CT molecular complexity index is 1250. The number of alkyl halides is 3. The highest BCUT2D eigenvalue weighted by Crippen LogP contribution is 2.29. The third-order valence-corrected chi connectivity index (χ3v) is 4.22. The first kappa shape index (κ1) is 19.4. The van der Waals surface area contributed by atoms with E-state index in [1.54, 1.807) is 0 Å². The summed E-state index contributed by atoms with van der Waals surface area (Å²) in [6.45, 7) is 0. The average molecular weight is 419 g/mol. The minimum Gasteiger partial charge on any atom is -0.304 e. The van der Waals surface area contributed by atoms with E-state index in [1.165, 1.54) is 30.3 Å². The molecule has 4 aromatic rings. The molecule has 0 fully saturated rings. The van der Waals surface area contributed by atoms with Crippen LogP contribution in [0.2, 0.25) is 0 Å². The lowest BCUT2D eigenvalue weighted by atomic mass is 10.0. The number of aromatic nitrogens is 4. The first-order valence-corrected chi connectivity index (χ1v) is 8.37. The van der Waals surface area contributed by atoms with Gasteiger partial charge in [-0.25, -0.2) is 18.7 Å². The molecule has 2 N–H and O–H groups in total. The van der Waals surface area contributed by atoms with Crippen molar-refractivity contribution in [1.29, 1.82) is 0 Å². The monoisotopic (exact) mass is 419 g/mol. The zero-order chi connectivity index (χ0) is 21.5. The Morgan fingerprint density at radius 2 is 1.83 bits per heavy atom. The van der Waals surface area contributed by atoms with E-state index in [9.17, 15) is 26.7 Å². The fourth-order valence-corrected chi connectivity index (χ4v) is 2.80. The number of H-pyrrole nitrogens is 1. The predicted molar refractivity (Wildman–Crippen MR) is 96.4 cm³/mol. The van der Waals surface area contributed by atoms with Crippen molar-refractivity contribution < 1.29 is 26.7 Å². The Hall–Kier alpha value is -3.89. The van der Waals surface area contributed by atoms with Gasteiger partial charge in [0.15, 0.2) is 28.8 Å². The summed E-state index contributed by atoms with van der Waals surface area (Å²) in [6.07, 6.45) is -3.40. The number of nitrogens with one attached hydrogen (secondary N) is 2. The van der Waals surface area contributed by atoms with Gasteiger partial charge >= 0.3 is 6.18 Å². The SMILES string of the molecule is O=C(Nc1cnc(C(F)(F)F)cn1)c1n[nH]c2ccc(-c3cccc(F)c3F)cc12. The van der Waals surface area contributed by atoms with Crippen LogP contribution < -0.4 is 5.32 Å². The zero-order valence-electron chi connectivity index (χ0n) is 14.8. The van der Waals surface area contributed by atoms with Crippen LogP contribution in [0.4, 0.5) is 27.8 Å². The van der Waals surface area contributed by atoms with Crippen molar-refractivity contribution in [2.75, 3.05) is 5.32 Å². The molecule has 1 amide bonds. The molecular formula is C19H10F5N5O. The normalized spacial score (nSPS) is 11.6. The molecule has 0 atom stereocenters. The van der Waals surface area contributed by atoms with Crippen molar-refractivity contribution in [1.82, 2.24) is 20.2 Å². The number of halogens is 5. The van der Waals surface area contributed by atoms with Gasteiger partial charge in [0.1, 0.15) is 0 Å². The topological polar surface area (TPSA) is 83.6 Å². The van der Waals surface area contributed by atoms with Crippen molar-refractivity contribution in [2.24, 2.45) is 0 Å². The van der Waals surface area contributed by atoms with Crippen LogP contribution in [0.3, 0.4) is 0 Å². The first-order chi connectivity index (χ1) is 14.2. The van der Waals surface area contributed by atoms with E-state index in [2.05, 4.69) is 25.5 Å². The number of amides is 1. The number of fused-ring (bicyclic) bond motifs is 1. The van der Waals surface area contributed by atoms with Gasteiger partial charge in [-0.1, -0.05) is 18.2 Å². The molecular weight excluding hydrogens is 409 g/mol. The van der Waals surface area contributed by atoms with Crippen molar-refractivity contribution in [3.05, 3.63) is 71.8 Å². The van der Waals surface area contributed by atoms with Crippen molar-refractivity contribution >= 4 is 22.6 Å². The van der Waals surface area contributed by atoms with Crippen LogP contribution in [0.1, 0.15) is 16.2 Å². The molecule has 0 saturated heterocycles. The standard InChI is InChI=1S/C19H10F5N5O/c20-12-3-1-2-10(16(12)21)9-4-5-13-11(6-9)17(29-28-13)18(30)27-15-8-25-14(7-26-15)19(22,23)24/h1-8H,(H,28,29)(H,26,27,30). The van der Waals surface area contributed by atoms with Crippen LogP contribution in [-0.2, 0) is 6.18 Å². The third kappa shape index (κ3) is 3.56. The molecule has 0 aliphatic heterocycles. The van der Waals surface area contributed by atoms with Crippen molar-refractivity contribution in [3.8, 4) is 11.1 Å². The molecule has 2 heterocycles. The zero-order valence-corrected chi connectivity index (χ0v) is 14.8. The number of carbonyl (C=O) groups is 1. The average Bonchev–Trinajstić information content (AvgIpc) is 3.13. The maximum absolute atomic E-state index is 14.1. The summed E-state index contributed by atoms with van der Waals surface area (Å²) in [5.74, 6) is -3.03. The summed E-state index contributed by atoms with van der Waals surface area (Å²) in [4.78, 5) is 19.3. The molecule has 6 nitrogen and oxygen atoms in total. The van der Waals surface area contributed by atoms with Gasteiger partial charge in [0, 0.05) is 10.9 Å². The summed E-state index contributed by atoms with van der Waals surface area (Å²) < 4.78 is 65.3. The number of anilines is 1. The van der Waals surface area contributed by atoms with E-state index in [1.807, 2.05) is 0 Å². The van der Waals surface area contributed by atoms with Crippen LogP contribution in [0, 0.1) is 11.6 Å². The molecule has 2 aromatic heterocycles. The number of benzene rings is 2. The highest BCUT2D eigenvalue weighted by molar-refractivity contribution is 6.11. The molecule has 152 valence electrons. The van der Waals surface area contributed by atoms with E-state index >= 15 is 0 Å². The second kappa shape index (κ2) is 7.17. The second-order valence-electron chi connectivity index (χ2n) is 6.17. The van der Waals surface area contributed by atoms with E-state index in [4.69, 9.17) is 0 Å². The second-order valence-corrected chi connectivity index (χ2v) is 6.17. The number of hydrogen-bond acceptors (Lipinski definition) is 4. The molecule has 0 radical (unpaired) electrons. The molecule has 0 saturated carbocycles.